The zero-order chi connectivity index (χ0) is 31.7. The van der Waals surface area contributed by atoms with Gasteiger partial charge >= 0.3 is 11.9 Å². The smallest absolute Gasteiger partial charge is 0.347 e. The Bertz CT molecular complexity index is 1780. The van der Waals surface area contributed by atoms with Crippen molar-refractivity contribution in [1.82, 2.24) is 4.98 Å². The summed E-state index contributed by atoms with van der Waals surface area (Å²) in [6, 6.07) is 21.3. The standard InChI is InChI=1S/C31H29N5O6S2/c1-3-20(2)18-29(37)42-27-16-11-23(19-26(27)31(38)41-24-12-7-21(8-13-24)30(32)43)35-34-22-9-14-25(15-10-22)44(39,40)36-28-6-4-5-17-33-28/h4-17,19-20H,3,18H2,1-2H3,(H2,32,43)(H,33,36). The second-order valence-electron chi connectivity index (χ2n) is 9.66. The number of carbonyl (C=O) groups is 2. The number of nitrogens with two attached hydrogens (primary N) is 1. The molecule has 0 aliphatic rings. The van der Waals surface area contributed by atoms with Crippen LogP contribution < -0.4 is 19.9 Å². The minimum absolute atomic E-state index is 0.0111. The van der Waals surface area contributed by atoms with Crippen LogP contribution in [-0.4, -0.2) is 30.3 Å². The number of nitrogens with zero attached hydrogens (tertiary/aromatic N) is 3. The number of hydrogen-bond acceptors (Lipinski definition) is 10. The Labute approximate surface area is 260 Å². The number of carbonyl (C=O) groups excluding carboxylic acids is 2. The molecule has 4 aromatic rings. The maximum Gasteiger partial charge on any atom is 0.347 e. The van der Waals surface area contributed by atoms with Gasteiger partial charge in [0.1, 0.15) is 27.9 Å². The minimum atomic E-state index is -3.86. The summed E-state index contributed by atoms with van der Waals surface area (Å²) in [7, 11) is -3.86. The lowest BCUT2D eigenvalue weighted by Crippen LogP contribution is -2.16. The molecule has 0 spiro atoms. The third-order valence-corrected chi connectivity index (χ3v) is 7.91. The van der Waals surface area contributed by atoms with Crippen LogP contribution in [0.4, 0.5) is 17.2 Å². The van der Waals surface area contributed by atoms with Gasteiger partial charge in [-0.25, -0.2) is 18.2 Å². The van der Waals surface area contributed by atoms with E-state index in [4.69, 9.17) is 27.4 Å². The zero-order valence-corrected chi connectivity index (χ0v) is 25.5. The van der Waals surface area contributed by atoms with E-state index in [1.807, 2.05) is 13.8 Å². The summed E-state index contributed by atoms with van der Waals surface area (Å²) in [5.74, 6) is -0.743. The summed E-state index contributed by atoms with van der Waals surface area (Å²) >= 11 is 4.96. The number of thiocarbonyl (C=S) groups is 1. The highest BCUT2D eigenvalue weighted by atomic mass is 32.2. The minimum Gasteiger partial charge on any atom is -0.426 e. The van der Waals surface area contributed by atoms with E-state index < -0.39 is 22.0 Å². The summed E-state index contributed by atoms with van der Waals surface area (Å²) in [5.41, 5.74) is 6.81. The second kappa shape index (κ2) is 14.4. The molecule has 0 aliphatic heterocycles. The molecule has 3 aromatic carbocycles. The first kappa shape index (κ1) is 31.9. The first-order chi connectivity index (χ1) is 21.0. The van der Waals surface area contributed by atoms with Gasteiger partial charge in [-0.05, 0) is 84.8 Å². The molecule has 0 saturated heterocycles. The molecular weight excluding hydrogens is 603 g/mol. The third kappa shape index (κ3) is 8.75. The molecule has 226 valence electrons. The van der Waals surface area contributed by atoms with Crippen LogP contribution in [-0.2, 0) is 14.8 Å². The Hall–Kier alpha value is -5.01. The zero-order valence-electron chi connectivity index (χ0n) is 23.8. The van der Waals surface area contributed by atoms with Gasteiger partial charge in [-0.2, -0.15) is 10.2 Å². The molecule has 3 N–H and O–H groups in total. The van der Waals surface area contributed by atoms with Crippen LogP contribution in [0, 0.1) is 5.92 Å². The normalized spacial score (nSPS) is 12.0. The van der Waals surface area contributed by atoms with E-state index in [1.54, 1.807) is 36.4 Å². The molecule has 1 heterocycles. The Balaban J connectivity index is 1.55. The summed E-state index contributed by atoms with van der Waals surface area (Å²) in [6.45, 7) is 3.89. The van der Waals surface area contributed by atoms with E-state index in [1.165, 1.54) is 54.7 Å². The monoisotopic (exact) mass is 631 g/mol. The molecule has 11 nitrogen and oxygen atoms in total. The largest absolute Gasteiger partial charge is 0.426 e. The number of aromatic nitrogens is 1. The maximum atomic E-state index is 13.2. The van der Waals surface area contributed by atoms with Crippen LogP contribution in [0.3, 0.4) is 0 Å². The molecule has 0 fully saturated rings. The fraction of sp³-hybridized carbons (Fsp3) is 0.161. The SMILES string of the molecule is CCC(C)CC(=O)Oc1ccc(N=Nc2ccc(S(=O)(=O)Nc3ccccn3)cc2)cc1C(=O)Oc1ccc(C(N)=S)cc1. The number of nitrogens with one attached hydrogen (secondary N) is 1. The number of benzene rings is 3. The van der Waals surface area contributed by atoms with Crippen molar-refractivity contribution >= 4 is 56.4 Å². The molecular formula is C31H29N5O6S2. The molecule has 0 radical (unpaired) electrons. The van der Waals surface area contributed by atoms with Crippen molar-refractivity contribution in [2.45, 2.75) is 31.6 Å². The Morgan fingerprint density at radius 2 is 1.64 bits per heavy atom. The number of sulfonamides is 1. The van der Waals surface area contributed by atoms with Gasteiger partial charge in [-0.3, -0.25) is 9.52 Å². The van der Waals surface area contributed by atoms with Crippen molar-refractivity contribution in [2.75, 3.05) is 4.72 Å². The predicted octanol–water partition coefficient (Wildman–Crippen LogP) is 6.49. The Kier molecular flexibility index (Phi) is 10.5. The lowest BCUT2D eigenvalue weighted by Gasteiger charge is -2.12. The first-order valence-corrected chi connectivity index (χ1v) is 15.4. The molecule has 0 bridgehead atoms. The average molecular weight is 632 g/mol. The molecule has 44 heavy (non-hydrogen) atoms. The lowest BCUT2D eigenvalue weighted by molar-refractivity contribution is -0.135. The second-order valence-corrected chi connectivity index (χ2v) is 11.8. The van der Waals surface area contributed by atoms with Gasteiger partial charge in [0, 0.05) is 18.2 Å². The first-order valence-electron chi connectivity index (χ1n) is 13.5. The van der Waals surface area contributed by atoms with Crippen LogP contribution in [0.25, 0.3) is 0 Å². The van der Waals surface area contributed by atoms with Gasteiger partial charge in [-0.1, -0.05) is 38.6 Å². The number of azo groups is 1. The third-order valence-electron chi connectivity index (χ3n) is 6.30. The van der Waals surface area contributed by atoms with E-state index in [-0.39, 0.29) is 50.8 Å². The molecule has 0 saturated carbocycles. The van der Waals surface area contributed by atoms with Crippen molar-refractivity contribution in [3.05, 3.63) is 102 Å². The van der Waals surface area contributed by atoms with E-state index >= 15 is 0 Å². The van der Waals surface area contributed by atoms with Crippen LogP contribution in [0.2, 0.25) is 0 Å². The Morgan fingerprint density at radius 3 is 2.27 bits per heavy atom. The van der Waals surface area contributed by atoms with E-state index in [0.29, 0.717) is 11.3 Å². The highest BCUT2D eigenvalue weighted by molar-refractivity contribution is 7.92. The highest BCUT2D eigenvalue weighted by Crippen LogP contribution is 2.29. The molecule has 4 rings (SSSR count). The number of esters is 2. The Morgan fingerprint density at radius 1 is 0.955 bits per heavy atom. The summed E-state index contributed by atoms with van der Waals surface area (Å²) < 4.78 is 38.8. The van der Waals surface area contributed by atoms with Crippen molar-refractivity contribution in [3.63, 3.8) is 0 Å². The topological polar surface area (TPSA) is 162 Å². The van der Waals surface area contributed by atoms with E-state index in [0.717, 1.165) is 6.42 Å². The van der Waals surface area contributed by atoms with Gasteiger partial charge in [0.2, 0.25) is 0 Å². The van der Waals surface area contributed by atoms with Gasteiger partial charge < -0.3 is 15.2 Å². The van der Waals surface area contributed by atoms with E-state index in [9.17, 15) is 18.0 Å². The van der Waals surface area contributed by atoms with Crippen molar-refractivity contribution < 1.29 is 27.5 Å². The lowest BCUT2D eigenvalue weighted by atomic mass is 10.1. The fourth-order valence-electron chi connectivity index (χ4n) is 3.70. The summed E-state index contributed by atoms with van der Waals surface area (Å²) in [6.07, 6.45) is 2.45. The fourth-order valence-corrected chi connectivity index (χ4v) is 4.84. The van der Waals surface area contributed by atoms with Crippen LogP contribution in [0.15, 0.2) is 106 Å². The summed E-state index contributed by atoms with van der Waals surface area (Å²) in [5, 5.41) is 8.32. The maximum absolute atomic E-state index is 13.2. The average Bonchev–Trinajstić information content (AvgIpc) is 3.01. The molecule has 1 aromatic heterocycles. The van der Waals surface area contributed by atoms with Gasteiger partial charge in [0.25, 0.3) is 10.0 Å². The molecule has 13 heteroatoms. The molecule has 0 aliphatic carbocycles. The van der Waals surface area contributed by atoms with Gasteiger partial charge in [0.15, 0.2) is 0 Å². The van der Waals surface area contributed by atoms with E-state index in [2.05, 4.69) is 19.9 Å². The number of ether oxygens (including phenoxy) is 2. The van der Waals surface area contributed by atoms with Crippen LogP contribution >= 0.6 is 12.2 Å². The number of pyridine rings is 1. The molecule has 1 atom stereocenters. The van der Waals surface area contributed by atoms with Crippen molar-refractivity contribution in [3.8, 4) is 11.5 Å². The van der Waals surface area contributed by atoms with Crippen molar-refractivity contribution in [2.24, 2.45) is 21.9 Å². The highest BCUT2D eigenvalue weighted by Gasteiger charge is 2.20. The predicted molar refractivity (Wildman–Crippen MR) is 169 cm³/mol. The van der Waals surface area contributed by atoms with Crippen LogP contribution in [0.1, 0.15) is 42.6 Å². The molecule has 1 unspecified atom stereocenters. The molecule has 0 amide bonds. The summed E-state index contributed by atoms with van der Waals surface area (Å²) in [4.78, 5) is 29.9. The van der Waals surface area contributed by atoms with Gasteiger partial charge in [-0.15, -0.1) is 0 Å². The number of anilines is 1. The quantitative estimate of drug-likeness (QED) is 0.0770. The van der Waals surface area contributed by atoms with Gasteiger partial charge in [0.05, 0.1) is 16.3 Å². The number of hydrogen-bond donors (Lipinski definition) is 2. The van der Waals surface area contributed by atoms with Crippen molar-refractivity contribution in [1.29, 1.82) is 0 Å². The number of rotatable bonds is 12. The van der Waals surface area contributed by atoms with Crippen LogP contribution in [0.5, 0.6) is 11.5 Å².